The molecule has 1 heterocycles. The Morgan fingerprint density at radius 2 is 1.79 bits per heavy atom. The van der Waals surface area contributed by atoms with Crippen LogP contribution in [-0.4, -0.2) is 68.8 Å². The highest BCUT2D eigenvalue weighted by atomic mass is 35.5. The number of sulfonamides is 1. The molecule has 4 rings (SSSR count). The normalized spacial score (nSPS) is 17.0. The van der Waals surface area contributed by atoms with Crippen molar-refractivity contribution in [1.82, 2.24) is 15.1 Å². The molecule has 0 radical (unpaired) electrons. The Hall–Kier alpha value is -2.62. The van der Waals surface area contributed by atoms with Gasteiger partial charge in [0.25, 0.3) is 15.9 Å². The molecule has 10 heteroatoms. The van der Waals surface area contributed by atoms with E-state index in [-0.39, 0.29) is 27.3 Å². The van der Waals surface area contributed by atoms with Crippen molar-refractivity contribution < 1.29 is 18.0 Å². The van der Waals surface area contributed by atoms with Crippen molar-refractivity contribution in [3.8, 4) is 0 Å². The molecule has 0 bridgehead atoms. The largest absolute Gasteiger partial charge is 0.352 e. The zero-order valence-electron chi connectivity index (χ0n) is 18.4. The molecule has 2 aromatic carbocycles. The van der Waals surface area contributed by atoms with E-state index in [0.29, 0.717) is 44.5 Å². The van der Waals surface area contributed by atoms with E-state index in [1.807, 2.05) is 17.9 Å². The van der Waals surface area contributed by atoms with Gasteiger partial charge in [0, 0.05) is 37.9 Å². The molecule has 2 aliphatic rings. The van der Waals surface area contributed by atoms with Crippen LogP contribution in [0.15, 0.2) is 47.4 Å². The maximum Gasteiger partial charge on any atom is 0.261 e. The highest BCUT2D eigenvalue weighted by Gasteiger charge is 2.28. The number of hydrogen-bond donors (Lipinski definition) is 2. The summed E-state index contributed by atoms with van der Waals surface area (Å²) in [6.45, 7) is 4.19. The first-order chi connectivity index (χ1) is 15.7. The fraction of sp³-hybridized carbons (Fsp3) is 0.391. The second-order valence-electron chi connectivity index (χ2n) is 8.53. The van der Waals surface area contributed by atoms with Crippen molar-refractivity contribution in [2.45, 2.75) is 30.7 Å². The van der Waals surface area contributed by atoms with Gasteiger partial charge >= 0.3 is 0 Å². The van der Waals surface area contributed by atoms with Crippen molar-refractivity contribution in [2.75, 3.05) is 37.4 Å². The highest BCUT2D eigenvalue weighted by molar-refractivity contribution is 7.92. The summed E-state index contributed by atoms with van der Waals surface area (Å²) >= 11 is 6.27. The number of carbonyl (C=O) groups excluding carboxylic acids is 2. The first-order valence-electron chi connectivity index (χ1n) is 10.9. The lowest BCUT2D eigenvalue weighted by Gasteiger charge is -2.34. The Morgan fingerprint density at radius 3 is 2.45 bits per heavy atom. The molecule has 0 aromatic heterocycles. The predicted molar refractivity (Wildman–Crippen MR) is 127 cm³/mol. The lowest BCUT2D eigenvalue weighted by atomic mass is 10.1. The van der Waals surface area contributed by atoms with E-state index in [9.17, 15) is 18.0 Å². The Labute approximate surface area is 198 Å². The van der Waals surface area contributed by atoms with Crippen LogP contribution in [0.5, 0.6) is 0 Å². The number of hydrogen-bond acceptors (Lipinski definition) is 5. The number of aryl methyl sites for hydroxylation is 1. The van der Waals surface area contributed by atoms with Gasteiger partial charge in [0.05, 0.1) is 22.0 Å². The topological polar surface area (TPSA) is 98.8 Å². The summed E-state index contributed by atoms with van der Waals surface area (Å²) < 4.78 is 28.3. The van der Waals surface area contributed by atoms with Crippen molar-refractivity contribution >= 4 is 39.1 Å². The molecule has 1 aliphatic heterocycles. The van der Waals surface area contributed by atoms with Crippen LogP contribution in [0, 0.1) is 6.92 Å². The van der Waals surface area contributed by atoms with Gasteiger partial charge in [-0.3, -0.25) is 19.2 Å². The third-order valence-electron chi connectivity index (χ3n) is 5.72. The van der Waals surface area contributed by atoms with Crippen molar-refractivity contribution in [3.05, 3.63) is 58.6 Å². The van der Waals surface area contributed by atoms with Crippen LogP contribution in [0.3, 0.4) is 0 Å². The summed E-state index contributed by atoms with van der Waals surface area (Å²) in [5, 5.41) is 3.16. The minimum atomic E-state index is -3.89. The van der Waals surface area contributed by atoms with Gasteiger partial charge < -0.3 is 10.2 Å². The SMILES string of the molecule is Cc1cccc(NS(=O)(=O)c2ccc(Cl)c(C(=O)N3CCN(CC(=O)NC4CC4)CC3)c2)c1. The molecule has 8 nitrogen and oxygen atoms in total. The van der Waals surface area contributed by atoms with Crippen molar-refractivity contribution in [2.24, 2.45) is 0 Å². The third kappa shape index (κ3) is 6.04. The summed E-state index contributed by atoms with van der Waals surface area (Å²) in [6, 6.07) is 11.5. The molecule has 2 N–H and O–H groups in total. The number of benzene rings is 2. The number of anilines is 1. The zero-order chi connectivity index (χ0) is 23.6. The number of halogens is 1. The first kappa shape index (κ1) is 23.5. The number of nitrogens with one attached hydrogen (secondary N) is 2. The van der Waals surface area contributed by atoms with Gasteiger partial charge in [0.1, 0.15) is 0 Å². The predicted octanol–water partition coefficient (Wildman–Crippen LogP) is 2.49. The van der Waals surface area contributed by atoms with E-state index < -0.39 is 10.0 Å². The average molecular weight is 491 g/mol. The van der Waals surface area contributed by atoms with Gasteiger partial charge in [0.2, 0.25) is 5.91 Å². The van der Waals surface area contributed by atoms with E-state index in [2.05, 4.69) is 10.0 Å². The molecule has 176 valence electrons. The van der Waals surface area contributed by atoms with Gasteiger partial charge in [0.15, 0.2) is 0 Å². The molecule has 0 unspecified atom stereocenters. The van der Waals surface area contributed by atoms with E-state index in [4.69, 9.17) is 11.6 Å². The van der Waals surface area contributed by atoms with Gasteiger partial charge in [-0.05, 0) is 55.7 Å². The van der Waals surface area contributed by atoms with Crippen LogP contribution in [-0.2, 0) is 14.8 Å². The maximum absolute atomic E-state index is 13.1. The van der Waals surface area contributed by atoms with E-state index in [1.54, 1.807) is 23.1 Å². The maximum atomic E-state index is 13.1. The molecular weight excluding hydrogens is 464 g/mol. The minimum absolute atomic E-state index is 0.0133. The molecule has 1 saturated carbocycles. The van der Waals surface area contributed by atoms with Gasteiger partial charge in [-0.1, -0.05) is 23.7 Å². The molecule has 33 heavy (non-hydrogen) atoms. The second kappa shape index (κ2) is 9.70. The molecule has 0 atom stereocenters. The fourth-order valence-electron chi connectivity index (χ4n) is 3.74. The van der Waals surface area contributed by atoms with Gasteiger partial charge in [-0.15, -0.1) is 0 Å². The molecule has 1 saturated heterocycles. The lowest BCUT2D eigenvalue weighted by Crippen LogP contribution is -2.51. The minimum Gasteiger partial charge on any atom is -0.352 e. The van der Waals surface area contributed by atoms with Gasteiger partial charge in [-0.2, -0.15) is 0 Å². The number of nitrogens with zero attached hydrogens (tertiary/aromatic N) is 2. The highest BCUT2D eigenvalue weighted by Crippen LogP contribution is 2.25. The number of carbonyl (C=O) groups is 2. The number of amides is 2. The quantitative estimate of drug-likeness (QED) is 0.621. The summed E-state index contributed by atoms with van der Waals surface area (Å²) in [5.74, 6) is -0.311. The average Bonchev–Trinajstić information content (AvgIpc) is 3.57. The molecule has 2 aromatic rings. The molecular formula is C23H27ClN4O4S. The zero-order valence-corrected chi connectivity index (χ0v) is 20.0. The standard InChI is InChI=1S/C23H27ClN4O4S/c1-16-3-2-4-18(13-16)26-33(31,32)19-7-8-21(24)20(14-19)23(30)28-11-9-27(10-12-28)15-22(29)25-17-5-6-17/h2-4,7-8,13-14,17,26H,5-6,9-12,15H2,1H3,(H,25,29). The second-order valence-corrected chi connectivity index (χ2v) is 10.6. The summed E-state index contributed by atoms with van der Waals surface area (Å²) in [4.78, 5) is 28.7. The lowest BCUT2D eigenvalue weighted by molar-refractivity contribution is -0.122. The van der Waals surface area contributed by atoms with E-state index >= 15 is 0 Å². The smallest absolute Gasteiger partial charge is 0.261 e. The van der Waals surface area contributed by atoms with Gasteiger partial charge in [-0.25, -0.2) is 8.42 Å². The van der Waals surface area contributed by atoms with E-state index in [1.165, 1.54) is 18.2 Å². The van der Waals surface area contributed by atoms with E-state index in [0.717, 1.165) is 18.4 Å². The summed E-state index contributed by atoms with van der Waals surface area (Å²) in [6.07, 6.45) is 2.09. The van der Waals surface area contributed by atoms with Crippen LogP contribution >= 0.6 is 11.6 Å². The number of rotatable bonds is 7. The molecule has 2 fully saturated rings. The van der Waals surface area contributed by atoms with Crippen LogP contribution in [0.1, 0.15) is 28.8 Å². The Balaban J connectivity index is 1.42. The van der Waals surface area contributed by atoms with Crippen LogP contribution in [0.4, 0.5) is 5.69 Å². The van der Waals surface area contributed by atoms with Crippen LogP contribution in [0.25, 0.3) is 0 Å². The Bertz CT molecular complexity index is 1160. The summed E-state index contributed by atoms with van der Waals surface area (Å²) in [5.41, 5.74) is 1.51. The molecule has 2 amide bonds. The number of piperazine rings is 1. The monoisotopic (exact) mass is 490 g/mol. The van der Waals surface area contributed by atoms with Crippen LogP contribution < -0.4 is 10.0 Å². The van der Waals surface area contributed by atoms with Crippen molar-refractivity contribution in [3.63, 3.8) is 0 Å². The fourth-order valence-corrected chi connectivity index (χ4v) is 5.02. The third-order valence-corrected chi connectivity index (χ3v) is 7.43. The summed E-state index contributed by atoms with van der Waals surface area (Å²) in [7, 11) is -3.89. The Morgan fingerprint density at radius 1 is 1.06 bits per heavy atom. The Kier molecular flexibility index (Phi) is 6.92. The van der Waals surface area contributed by atoms with Crippen LogP contribution in [0.2, 0.25) is 5.02 Å². The molecule has 1 aliphatic carbocycles. The first-order valence-corrected chi connectivity index (χ1v) is 12.8. The molecule has 0 spiro atoms. The van der Waals surface area contributed by atoms with Crippen molar-refractivity contribution in [1.29, 1.82) is 0 Å².